The number of hydrogen-bond acceptors (Lipinski definition) is 15. The molecule has 342 valence electrons. The Balaban J connectivity index is 1.06. The first-order valence-corrected chi connectivity index (χ1v) is 25.0. The minimum atomic E-state index is -5.06. The Hall–Kier alpha value is -6.65. The predicted octanol–water partition coefficient (Wildman–Crippen LogP) is 7.67. The van der Waals surface area contributed by atoms with Crippen LogP contribution in [0.25, 0.3) is 50.4 Å². The van der Waals surface area contributed by atoms with E-state index in [0.717, 1.165) is 47.3 Å². The number of azo groups is 1. The van der Waals surface area contributed by atoms with Crippen LogP contribution in [0.15, 0.2) is 133 Å². The monoisotopic (exact) mass is 1020 g/mol. The Labute approximate surface area is 388 Å². The van der Waals surface area contributed by atoms with Crippen molar-refractivity contribution in [1.82, 2.24) is 25.2 Å². The van der Waals surface area contributed by atoms with Crippen LogP contribution in [0.2, 0.25) is 10.3 Å². The van der Waals surface area contributed by atoms with Gasteiger partial charge in [0.1, 0.15) is 25.7 Å². The summed E-state index contributed by atoms with van der Waals surface area (Å²) in [6, 6.07) is 22.0. The number of aromatic nitrogens is 5. The van der Waals surface area contributed by atoms with Crippen LogP contribution in [0, 0.1) is 0 Å². The Kier molecular flexibility index (Phi) is 12.0. The number of fused-ring (bicyclic) bond motifs is 4. The maximum Gasteiger partial charge on any atom is 0.296 e. The van der Waals surface area contributed by atoms with Crippen molar-refractivity contribution in [2.24, 2.45) is 10.2 Å². The lowest BCUT2D eigenvalue weighted by Crippen LogP contribution is -2.26. The van der Waals surface area contributed by atoms with Gasteiger partial charge in [-0.1, -0.05) is 59.6 Å². The minimum Gasteiger partial charge on any atom is -0.311 e. The number of rotatable bonds is 11. The summed E-state index contributed by atoms with van der Waals surface area (Å²) in [7, 11) is -18.2. The molecule has 0 atom stereocenters. The van der Waals surface area contributed by atoms with Crippen LogP contribution in [0.4, 0.5) is 17.1 Å². The minimum absolute atomic E-state index is 0.0215. The molecule has 0 saturated carbocycles. The molecule has 0 unspecified atom stereocenters. The zero-order valence-corrected chi connectivity index (χ0v) is 38.2. The second-order valence-electron chi connectivity index (χ2n) is 14.2. The summed E-state index contributed by atoms with van der Waals surface area (Å²) < 4.78 is 138. The number of benzene rings is 6. The lowest BCUT2D eigenvalue weighted by Gasteiger charge is -2.18. The highest BCUT2D eigenvalue weighted by molar-refractivity contribution is 7.86. The van der Waals surface area contributed by atoms with E-state index in [1.54, 1.807) is 49.5 Å². The van der Waals surface area contributed by atoms with Crippen LogP contribution in [0.3, 0.4) is 0 Å². The van der Waals surface area contributed by atoms with Crippen LogP contribution in [0.1, 0.15) is 21.5 Å². The summed E-state index contributed by atoms with van der Waals surface area (Å²) >= 11 is 12.3. The van der Waals surface area contributed by atoms with Gasteiger partial charge in [0.2, 0.25) is 0 Å². The first-order valence-electron chi connectivity index (χ1n) is 18.5. The zero-order valence-electron chi connectivity index (χ0n) is 33.4. The second kappa shape index (κ2) is 17.2. The third-order valence-corrected chi connectivity index (χ3v) is 14.1. The average molecular weight is 1030 g/mol. The molecule has 0 aliphatic heterocycles. The van der Waals surface area contributed by atoms with Gasteiger partial charge in [-0.25, -0.2) is 0 Å². The standard InChI is InChI=1S/C40H26Cl2N8O13S4/c1-49(40(51)23-6-14-31-32(17-23)39(42)46-45-38(31)41)27-11-8-25(9-12-27)43-44-26-7-4-21(33(19-26)65(55,56)57)2-3-22-5-10-28(20-34(22)66(58,59)60)50-47-36-30-15-13-29(64(52,53)54)16-24(30)18-35(37(36)48-50)67(61,62)63/h2-20H,1H3,(H,52,53,54)(H,55,56,57)(H,58,59,60)(H,61,62,63). The van der Waals surface area contributed by atoms with Crippen LogP contribution in [0.5, 0.6) is 0 Å². The molecule has 2 aromatic heterocycles. The van der Waals surface area contributed by atoms with Gasteiger partial charge in [0.25, 0.3) is 46.4 Å². The number of carbonyl (C=O) groups excluding carboxylic acids is 1. The highest BCUT2D eigenvalue weighted by Crippen LogP contribution is 2.34. The molecule has 0 fully saturated rings. The van der Waals surface area contributed by atoms with E-state index in [1.807, 2.05) is 0 Å². The summed E-state index contributed by atoms with van der Waals surface area (Å²) in [6.45, 7) is 0. The highest BCUT2D eigenvalue weighted by Gasteiger charge is 2.24. The van der Waals surface area contributed by atoms with Gasteiger partial charge in [-0.3, -0.25) is 23.0 Å². The Morgan fingerprint density at radius 3 is 1.76 bits per heavy atom. The van der Waals surface area contributed by atoms with E-state index in [4.69, 9.17) is 23.2 Å². The van der Waals surface area contributed by atoms with Crippen molar-refractivity contribution in [3.05, 3.63) is 130 Å². The summed E-state index contributed by atoms with van der Waals surface area (Å²) in [4.78, 5) is 12.7. The molecule has 21 nitrogen and oxygen atoms in total. The van der Waals surface area contributed by atoms with Crippen molar-refractivity contribution in [2.45, 2.75) is 19.6 Å². The summed E-state index contributed by atoms with van der Waals surface area (Å²) in [5.74, 6) is -0.378. The molecule has 0 aliphatic carbocycles. The quantitative estimate of drug-likeness (QED) is 0.0548. The molecule has 67 heavy (non-hydrogen) atoms. The molecule has 4 N–H and O–H groups in total. The largest absolute Gasteiger partial charge is 0.311 e. The van der Waals surface area contributed by atoms with Gasteiger partial charge < -0.3 is 4.90 Å². The number of amides is 1. The van der Waals surface area contributed by atoms with E-state index in [9.17, 15) is 56.7 Å². The second-order valence-corrected chi connectivity index (χ2v) is 20.6. The maximum absolute atomic E-state index is 13.3. The molecule has 2 heterocycles. The maximum atomic E-state index is 13.3. The summed E-state index contributed by atoms with van der Waals surface area (Å²) in [5.41, 5.74) is -0.0472. The molecule has 27 heteroatoms. The van der Waals surface area contributed by atoms with Gasteiger partial charge >= 0.3 is 0 Å². The Morgan fingerprint density at radius 1 is 0.582 bits per heavy atom. The molecular formula is C40H26Cl2N8O13S4. The van der Waals surface area contributed by atoms with Crippen LogP contribution in [-0.4, -0.2) is 90.0 Å². The lowest BCUT2D eigenvalue weighted by atomic mass is 10.1. The van der Waals surface area contributed by atoms with E-state index >= 15 is 0 Å². The SMILES string of the molecule is CN(C(=O)c1ccc2c(Cl)nnc(Cl)c2c1)c1ccc(N=Nc2ccc(C=Cc3ccc(-n4nc5c(S(=O)(=O)O)cc6cc(S(=O)(=O)O)ccc6c5n4)cc3S(=O)(=O)O)c(S(=O)(=O)O)c2)cc1. The smallest absolute Gasteiger partial charge is 0.296 e. The normalized spacial score (nSPS) is 12.8. The lowest BCUT2D eigenvalue weighted by molar-refractivity contribution is 0.0993. The first-order chi connectivity index (χ1) is 31.4. The molecule has 0 aliphatic rings. The number of anilines is 1. The average Bonchev–Trinajstić information content (AvgIpc) is 3.72. The van der Waals surface area contributed by atoms with Crippen molar-refractivity contribution in [1.29, 1.82) is 0 Å². The zero-order chi connectivity index (χ0) is 48.4. The number of nitrogens with zero attached hydrogens (tertiary/aromatic N) is 8. The fourth-order valence-corrected chi connectivity index (χ4v) is 9.72. The van der Waals surface area contributed by atoms with E-state index in [-0.39, 0.29) is 55.0 Å². The highest BCUT2D eigenvalue weighted by atomic mass is 35.5. The fourth-order valence-electron chi connectivity index (χ4n) is 6.74. The van der Waals surface area contributed by atoms with Crippen molar-refractivity contribution < 1.29 is 56.7 Å². The van der Waals surface area contributed by atoms with Crippen molar-refractivity contribution in [3.8, 4) is 5.69 Å². The summed E-state index contributed by atoms with van der Waals surface area (Å²) in [5, 5.41) is 25.3. The number of halogens is 2. The van der Waals surface area contributed by atoms with Crippen LogP contribution in [-0.2, 0) is 40.5 Å². The van der Waals surface area contributed by atoms with E-state index < -0.39 is 65.6 Å². The van der Waals surface area contributed by atoms with Crippen LogP contribution >= 0.6 is 23.2 Å². The van der Waals surface area contributed by atoms with E-state index in [2.05, 4.69) is 30.6 Å². The molecule has 1 amide bonds. The Morgan fingerprint density at radius 2 is 1.13 bits per heavy atom. The molecule has 0 bridgehead atoms. The molecule has 0 radical (unpaired) electrons. The van der Waals surface area contributed by atoms with E-state index in [1.165, 1.54) is 35.2 Å². The first kappa shape index (κ1) is 46.9. The molecule has 0 spiro atoms. The van der Waals surface area contributed by atoms with Crippen molar-refractivity contribution in [2.75, 3.05) is 11.9 Å². The molecular weight excluding hydrogens is 1000 g/mol. The number of hydrogen-bond donors (Lipinski definition) is 4. The third kappa shape index (κ3) is 9.63. The van der Waals surface area contributed by atoms with Gasteiger partial charge in [-0.2, -0.15) is 48.7 Å². The van der Waals surface area contributed by atoms with Gasteiger partial charge in [-0.05, 0) is 95.4 Å². The van der Waals surface area contributed by atoms with E-state index in [0.29, 0.717) is 27.7 Å². The van der Waals surface area contributed by atoms with Gasteiger partial charge in [-0.15, -0.1) is 20.4 Å². The molecule has 0 saturated heterocycles. The fraction of sp³-hybridized carbons (Fsp3) is 0.0250. The van der Waals surface area contributed by atoms with Gasteiger partial charge in [0, 0.05) is 34.5 Å². The molecule has 8 rings (SSSR count). The van der Waals surface area contributed by atoms with Gasteiger partial charge in [0.15, 0.2) is 10.3 Å². The molecule has 8 aromatic rings. The Bertz CT molecular complexity index is 3950. The predicted molar refractivity (Wildman–Crippen MR) is 244 cm³/mol. The van der Waals surface area contributed by atoms with Crippen molar-refractivity contribution >= 4 is 131 Å². The number of carbonyl (C=O) groups is 1. The van der Waals surface area contributed by atoms with Crippen molar-refractivity contribution in [3.63, 3.8) is 0 Å². The summed E-state index contributed by atoms with van der Waals surface area (Å²) in [6.07, 6.45) is 2.25. The third-order valence-electron chi connectivity index (χ3n) is 9.97. The van der Waals surface area contributed by atoms with Gasteiger partial charge in [0.05, 0.1) is 22.0 Å². The molecule has 6 aromatic carbocycles. The van der Waals surface area contributed by atoms with Crippen LogP contribution < -0.4 is 4.90 Å². The topological polar surface area (TPSA) is 319 Å².